The summed E-state index contributed by atoms with van der Waals surface area (Å²) in [6.07, 6.45) is 1.67. The molecule has 0 saturated carbocycles. The van der Waals surface area contributed by atoms with E-state index < -0.39 is 5.97 Å². The van der Waals surface area contributed by atoms with Gasteiger partial charge < -0.3 is 5.11 Å². The van der Waals surface area contributed by atoms with Crippen LogP contribution in [0.5, 0.6) is 0 Å². The van der Waals surface area contributed by atoms with Crippen molar-refractivity contribution in [3.8, 4) is 11.1 Å². The Morgan fingerprint density at radius 1 is 1.15 bits per heavy atom. The van der Waals surface area contributed by atoms with Crippen molar-refractivity contribution in [1.82, 2.24) is 0 Å². The molecule has 0 aliphatic carbocycles. The summed E-state index contributed by atoms with van der Waals surface area (Å²) >= 11 is 0. The molecule has 0 fully saturated rings. The first-order valence-electron chi connectivity index (χ1n) is 6.32. The first-order valence-corrected chi connectivity index (χ1v) is 6.32. The number of hydrogen-bond acceptors (Lipinski definition) is 1. The van der Waals surface area contributed by atoms with Gasteiger partial charge in [0.15, 0.2) is 0 Å². The van der Waals surface area contributed by atoms with Gasteiger partial charge in [0, 0.05) is 0 Å². The van der Waals surface area contributed by atoms with Crippen LogP contribution in [0.1, 0.15) is 18.9 Å². The van der Waals surface area contributed by atoms with E-state index in [9.17, 15) is 9.18 Å². The molecule has 2 nitrogen and oxygen atoms in total. The van der Waals surface area contributed by atoms with Gasteiger partial charge in [-0.1, -0.05) is 42.5 Å². The molecule has 0 aromatic heterocycles. The molecule has 2 aromatic rings. The zero-order chi connectivity index (χ0) is 14.5. The zero-order valence-corrected chi connectivity index (χ0v) is 11.1. The highest BCUT2D eigenvalue weighted by atomic mass is 19.1. The van der Waals surface area contributed by atoms with E-state index in [0.29, 0.717) is 0 Å². The smallest absolute Gasteiger partial charge is 0.307 e. The second kappa shape index (κ2) is 6.15. The number of carbonyl (C=O) groups is 1. The number of allylic oxidation sites excluding steroid dienone is 1. The van der Waals surface area contributed by atoms with Gasteiger partial charge in [0.25, 0.3) is 0 Å². The number of halogens is 1. The van der Waals surface area contributed by atoms with Crippen LogP contribution in [-0.2, 0) is 4.79 Å². The van der Waals surface area contributed by atoms with Crippen LogP contribution in [0, 0.1) is 5.82 Å². The van der Waals surface area contributed by atoms with Crippen molar-refractivity contribution in [1.29, 1.82) is 0 Å². The molecule has 2 rings (SSSR count). The average Bonchev–Trinajstić information content (AvgIpc) is 2.45. The first-order chi connectivity index (χ1) is 9.58. The minimum Gasteiger partial charge on any atom is -0.481 e. The molecule has 0 aliphatic rings. The highest BCUT2D eigenvalue weighted by molar-refractivity contribution is 5.82. The molecule has 0 heterocycles. The molecule has 0 aliphatic heterocycles. The van der Waals surface area contributed by atoms with Crippen molar-refractivity contribution >= 4 is 11.5 Å². The van der Waals surface area contributed by atoms with Gasteiger partial charge in [0.05, 0.1) is 6.42 Å². The summed E-state index contributed by atoms with van der Waals surface area (Å²) in [5.74, 6) is -1.13. The van der Waals surface area contributed by atoms with Crippen molar-refractivity contribution in [3.05, 3.63) is 66.0 Å². The van der Waals surface area contributed by atoms with Gasteiger partial charge >= 0.3 is 5.97 Å². The molecule has 3 heteroatoms. The number of carboxylic acid groups (broad SMARTS) is 1. The summed E-state index contributed by atoms with van der Waals surface area (Å²) in [4.78, 5) is 10.6. The molecule has 2 aromatic carbocycles. The number of hydrogen-bond donors (Lipinski definition) is 1. The molecule has 0 amide bonds. The van der Waals surface area contributed by atoms with Crippen molar-refractivity contribution in [2.24, 2.45) is 0 Å². The number of aliphatic carboxylic acids is 1. The predicted octanol–water partition coefficient (Wildman–Crippen LogP) is 4.37. The van der Waals surface area contributed by atoms with Gasteiger partial charge in [-0.25, -0.2) is 4.39 Å². The zero-order valence-electron chi connectivity index (χ0n) is 11.1. The SMILES string of the molecule is CC(=CCC(=O)O)c1ccccc1-c1ccc(F)cc1. The summed E-state index contributed by atoms with van der Waals surface area (Å²) in [6.45, 7) is 1.88. The highest BCUT2D eigenvalue weighted by Crippen LogP contribution is 2.29. The third-order valence-electron chi connectivity index (χ3n) is 3.09. The van der Waals surface area contributed by atoms with Crippen molar-refractivity contribution in [2.75, 3.05) is 0 Å². The quantitative estimate of drug-likeness (QED) is 0.895. The maximum atomic E-state index is 13.0. The summed E-state index contributed by atoms with van der Waals surface area (Å²) < 4.78 is 13.0. The van der Waals surface area contributed by atoms with E-state index in [1.54, 1.807) is 18.2 Å². The van der Waals surface area contributed by atoms with Crippen LogP contribution in [-0.4, -0.2) is 11.1 Å². The molecule has 102 valence electrons. The Bertz CT molecular complexity index is 642. The Morgan fingerprint density at radius 3 is 2.45 bits per heavy atom. The number of benzene rings is 2. The topological polar surface area (TPSA) is 37.3 Å². The second-order valence-corrected chi connectivity index (χ2v) is 4.54. The van der Waals surface area contributed by atoms with Gasteiger partial charge in [-0.2, -0.15) is 0 Å². The Hall–Kier alpha value is -2.42. The van der Waals surface area contributed by atoms with Crippen molar-refractivity contribution in [2.45, 2.75) is 13.3 Å². The largest absolute Gasteiger partial charge is 0.481 e. The maximum Gasteiger partial charge on any atom is 0.307 e. The number of carboxylic acids is 1. The minimum absolute atomic E-state index is 0.0103. The summed E-state index contributed by atoms with van der Waals surface area (Å²) in [6, 6.07) is 14.0. The van der Waals surface area contributed by atoms with Gasteiger partial charge in [0.1, 0.15) is 5.82 Å². The van der Waals surface area contributed by atoms with Crippen LogP contribution in [0.25, 0.3) is 16.7 Å². The van der Waals surface area contributed by atoms with E-state index in [1.807, 2.05) is 31.2 Å². The van der Waals surface area contributed by atoms with E-state index in [2.05, 4.69) is 0 Å². The monoisotopic (exact) mass is 270 g/mol. The fourth-order valence-electron chi connectivity index (χ4n) is 2.06. The lowest BCUT2D eigenvalue weighted by molar-refractivity contribution is -0.135. The molecule has 0 unspecified atom stereocenters. The van der Waals surface area contributed by atoms with Crippen molar-refractivity contribution in [3.63, 3.8) is 0 Å². The molecule has 0 bridgehead atoms. The van der Waals surface area contributed by atoms with Gasteiger partial charge in [-0.3, -0.25) is 4.79 Å². The Balaban J connectivity index is 2.42. The first kappa shape index (κ1) is 14.0. The Morgan fingerprint density at radius 2 is 1.80 bits per heavy atom. The van der Waals surface area contributed by atoms with Crippen LogP contribution < -0.4 is 0 Å². The molecule has 0 radical (unpaired) electrons. The molecule has 0 saturated heterocycles. The highest BCUT2D eigenvalue weighted by Gasteiger charge is 2.06. The molecule has 0 atom stereocenters. The fourth-order valence-corrected chi connectivity index (χ4v) is 2.06. The lowest BCUT2D eigenvalue weighted by Crippen LogP contribution is -1.92. The third kappa shape index (κ3) is 3.32. The molecular formula is C17H15FO2. The van der Waals surface area contributed by atoms with E-state index in [4.69, 9.17) is 5.11 Å². The molecular weight excluding hydrogens is 255 g/mol. The predicted molar refractivity (Wildman–Crippen MR) is 77.7 cm³/mol. The standard InChI is InChI=1S/C17H15FO2/c1-12(6-11-17(19)20)15-4-2-3-5-16(15)13-7-9-14(18)10-8-13/h2-10H,11H2,1H3,(H,19,20). The fraction of sp³-hybridized carbons (Fsp3) is 0.118. The Kier molecular flexibility index (Phi) is 4.31. The van der Waals surface area contributed by atoms with E-state index >= 15 is 0 Å². The van der Waals surface area contributed by atoms with E-state index in [1.165, 1.54) is 12.1 Å². The van der Waals surface area contributed by atoms with Gasteiger partial charge in [-0.05, 0) is 41.3 Å². The van der Waals surface area contributed by atoms with Crippen LogP contribution in [0.4, 0.5) is 4.39 Å². The second-order valence-electron chi connectivity index (χ2n) is 4.54. The van der Waals surface area contributed by atoms with Crippen molar-refractivity contribution < 1.29 is 14.3 Å². The lowest BCUT2D eigenvalue weighted by atomic mass is 9.95. The Labute approximate surface area is 117 Å². The third-order valence-corrected chi connectivity index (χ3v) is 3.09. The van der Waals surface area contributed by atoms with Crippen LogP contribution in [0.3, 0.4) is 0 Å². The summed E-state index contributed by atoms with van der Waals surface area (Å²) in [5, 5.41) is 8.74. The van der Waals surface area contributed by atoms with E-state index in [0.717, 1.165) is 22.3 Å². The van der Waals surface area contributed by atoms with Gasteiger partial charge in [0.2, 0.25) is 0 Å². The van der Waals surface area contributed by atoms with Gasteiger partial charge in [-0.15, -0.1) is 0 Å². The normalized spacial score (nSPS) is 11.4. The molecule has 20 heavy (non-hydrogen) atoms. The maximum absolute atomic E-state index is 13.0. The van der Waals surface area contributed by atoms with Crippen LogP contribution in [0.2, 0.25) is 0 Å². The van der Waals surface area contributed by atoms with Crippen LogP contribution in [0.15, 0.2) is 54.6 Å². The average molecular weight is 270 g/mol. The molecule has 1 N–H and O–H groups in total. The van der Waals surface area contributed by atoms with E-state index in [-0.39, 0.29) is 12.2 Å². The lowest BCUT2D eigenvalue weighted by Gasteiger charge is -2.10. The number of rotatable bonds is 4. The molecule has 0 spiro atoms. The van der Waals surface area contributed by atoms with Crippen LogP contribution >= 0.6 is 0 Å². The summed E-state index contributed by atoms with van der Waals surface area (Å²) in [5.41, 5.74) is 3.73. The summed E-state index contributed by atoms with van der Waals surface area (Å²) in [7, 11) is 0. The minimum atomic E-state index is -0.858.